The Kier molecular flexibility index (Phi) is 8.10. The lowest BCUT2D eigenvalue weighted by molar-refractivity contribution is -0.114. The summed E-state index contributed by atoms with van der Waals surface area (Å²) in [5.41, 5.74) is 1.28. The van der Waals surface area contributed by atoms with E-state index >= 15 is 0 Å². The van der Waals surface area contributed by atoms with Crippen molar-refractivity contribution in [3.05, 3.63) is 54.1 Å². The number of methoxy groups -OCH3 is 1. The number of hydrogen-bond donors (Lipinski definition) is 1. The summed E-state index contributed by atoms with van der Waals surface area (Å²) in [6.45, 7) is 3.53. The Morgan fingerprint density at radius 1 is 1.12 bits per heavy atom. The number of nitrogens with zero attached hydrogens (tertiary/aromatic N) is 3. The standard InChI is InChI=1S/C21H24N4O4S3/c1-4-13-30-21-24-23-20(31-21)22-19(26)14-25(16-7-9-17(29-3)10-8-16)32(27,28)18-11-5-15(2)6-12-18/h5-12H,4,13-14H2,1-3H3,(H,22,23,26). The maximum absolute atomic E-state index is 13.4. The highest BCUT2D eigenvalue weighted by Gasteiger charge is 2.27. The van der Waals surface area contributed by atoms with Gasteiger partial charge in [-0.05, 0) is 49.7 Å². The Bertz CT molecular complexity index is 1150. The summed E-state index contributed by atoms with van der Waals surface area (Å²) < 4.78 is 33.8. The number of carbonyl (C=O) groups is 1. The number of hydrogen-bond acceptors (Lipinski definition) is 8. The van der Waals surface area contributed by atoms with E-state index in [2.05, 4.69) is 22.4 Å². The highest BCUT2D eigenvalue weighted by Crippen LogP contribution is 2.28. The van der Waals surface area contributed by atoms with Crippen LogP contribution in [0.4, 0.5) is 10.8 Å². The maximum Gasteiger partial charge on any atom is 0.264 e. The molecule has 0 aliphatic heterocycles. The number of aryl methyl sites for hydroxylation is 1. The van der Waals surface area contributed by atoms with Gasteiger partial charge in [-0.2, -0.15) is 0 Å². The van der Waals surface area contributed by atoms with Crippen LogP contribution in [-0.4, -0.2) is 43.9 Å². The molecule has 3 aromatic rings. The first-order valence-electron chi connectivity index (χ1n) is 9.83. The average molecular weight is 493 g/mol. The smallest absolute Gasteiger partial charge is 0.264 e. The van der Waals surface area contributed by atoms with Gasteiger partial charge >= 0.3 is 0 Å². The van der Waals surface area contributed by atoms with Gasteiger partial charge < -0.3 is 4.74 Å². The Hall–Kier alpha value is -2.63. The van der Waals surface area contributed by atoms with E-state index in [1.807, 2.05) is 6.92 Å². The van der Waals surface area contributed by atoms with Gasteiger partial charge in [0.05, 0.1) is 17.7 Å². The first-order valence-corrected chi connectivity index (χ1v) is 13.1. The van der Waals surface area contributed by atoms with E-state index in [9.17, 15) is 13.2 Å². The fraction of sp³-hybridized carbons (Fsp3) is 0.286. The normalized spacial score (nSPS) is 11.2. The fourth-order valence-electron chi connectivity index (χ4n) is 2.70. The molecule has 0 aliphatic rings. The highest BCUT2D eigenvalue weighted by molar-refractivity contribution is 8.01. The predicted molar refractivity (Wildman–Crippen MR) is 128 cm³/mol. The second kappa shape index (κ2) is 10.8. The second-order valence-corrected chi connectivity index (χ2v) is 11.0. The largest absolute Gasteiger partial charge is 0.497 e. The maximum atomic E-state index is 13.4. The number of carbonyl (C=O) groups excluding carboxylic acids is 1. The van der Waals surface area contributed by atoms with E-state index < -0.39 is 22.5 Å². The highest BCUT2D eigenvalue weighted by atomic mass is 32.2. The number of ether oxygens (including phenoxy) is 1. The van der Waals surface area contributed by atoms with Crippen molar-refractivity contribution in [3.63, 3.8) is 0 Å². The molecule has 0 spiro atoms. The van der Waals surface area contributed by atoms with E-state index in [0.29, 0.717) is 16.6 Å². The number of benzene rings is 2. The van der Waals surface area contributed by atoms with Crippen LogP contribution in [0.1, 0.15) is 18.9 Å². The topological polar surface area (TPSA) is 101 Å². The molecular weight excluding hydrogens is 468 g/mol. The SMILES string of the molecule is CCCSc1nnc(NC(=O)CN(c2ccc(OC)cc2)S(=O)(=O)c2ccc(C)cc2)s1. The molecule has 11 heteroatoms. The van der Waals surface area contributed by atoms with Crippen LogP contribution < -0.4 is 14.4 Å². The van der Waals surface area contributed by atoms with Gasteiger partial charge in [0.2, 0.25) is 11.0 Å². The quantitative estimate of drug-likeness (QED) is 0.334. The molecule has 1 amide bonds. The second-order valence-electron chi connectivity index (χ2n) is 6.79. The van der Waals surface area contributed by atoms with Crippen molar-refractivity contribution in [2.45, 2.75) is 29.5 Å². The lowest BCUT2D eigenvalue weighted by Gasteiger charge is -2.24. The minimum absolute atomic E-state index is 0.0980. The Morgan fingerprint density at radius 3 is 2.44 bits per heavy atom. The summed E-state index contributed by atoms with van der Waals surface area (Å²) in [4.78, 5) is 12.9. The van der Waals surface area contributed by atoms with Crippen molar-refractivity contribution in [2.24, 2.45) is 0 Å². The van der Waals surface area contributed by atoms with Gasteiger partial charge in [-0.25, -0.2) is 8.42 Å². The van der Waals surface area contributed by atoms with E-state index in [-0.39, 0.29) is 4.90 Å². The van der Waals surface area contributed by atoms with Crippen molar-refractivity contribution in [3.8, 4) is 5.75 Å². The number of anilines is 2. The monoisotopic (exact) mass is 492 g/mol. The third kappa shape index (κ3) is 5.99. The van der Waals surface area contributed by atoms with Crippen LogP contribution in [-0.2, 0) is 14.8 Å². The number of thioether (sulfide) groups is 1. The summed E-state index contributed by atoms with van der Waals surface area (Å²) in [5, 5.41) is 11.0. The van der Waals surface area contributed by atoms with Crippen molar-refractivity contribution >= 4 is 49.8 Å². The van der Waals surface area contributed by atoms with Gasteiger partial charge in [-0.3, -0.25) is 14.4 Å². The number of nitrogens with one attached hydrogen (secondary N) is 1. The number of amides is 1. The van der Waals surface area contributed by atoms with Gasteiger partial charge in [-0.15, -0.1) is 10.2 Å². The molecule has 3 rings (SSSR count). The first kappa shape index (κ1) is 24.0. The zero-order chi connectivity index (χ0) is 23.1. The van der Waals surface area contributed by atoms with E-state index in [1.165, 1.54) is 30.6 Å². The number of sulfonamides is 1. The molecule has 8 nitrogen and oxygen atoms in total. The van der Waals surface area contributed by atoms with E-state index in [1.54, 1.807) is 48.2 Å². The van der Waals surface area contributed by atoms with Crippen LogP contribution in [0.5, 0.6) is 5.75 Å². The van der Waals surface area contributed by atoms with Crippen LogP contribution in [0.15, 0.2) is 57.8 Å². The Balaban J connectivity index is 1.85. The van der Waals surface area contributed by atoms with Crippen LogP contribution in [0.25, 0.3) is 0 Å². The summed E-state index contributed by atoms with van der Waals surface area (Å²) in [7, 11) is -2.46. The Morgan fingerprint density at radius 2 is 1.81 bits per heavy atom. The molecule has 1 heterocycles. The van der Waals surface area contributed by atoms with Crippen LogP contribution in [0.3, 0.4) is 0 Å². The van der Waals surface area contributed by atoms with Crippen molar-refractivity contribution in [2.75, 3.05) is 29.0 Å². The minimum Gasteiger partial charge on any atom is -0.497 e. The summed E-state index contributed by atoms with van der Waals surface area (Å²) >= 11 is 2.82. The van der Waals surface area contributed by atoms with Gasteiger partial charge in [0.1, 0.15) is 12.3 Å². The van der Waals surface area contributed by atoms with Crippen molar-refractivity contribution in [1.29, 1.82) is 0 Å². The molecule has 32 heavy (non-hydrogen) atoms. The molecule has 0 bridgehead atoms. The molecule has 0 atom stereocenters. The summed E-state index contributed by atoms with van der Waals surface area (Å²) in [6, 6.07) is 13.0. The molecule has 0 unspecified atom stereocenters. The third-order valence-electron chi connectivity index (χ3n) is 4.34. The van der Waals surface area contributed by atoms with Gasteiger partial charge in [-0.1, -0.05) is 47.7 Å². The number of aromatic nitrogens is 2. The molecule has 0 aliphatic carbocycles. The molecule has 1 N–H and O–H groups in total. The zero-order valence-corrected chi connectivity index (χ0v) is 20.4. The molecule has 0 fully saturated rings. The van der Waals surface area contributed by atoms with E-state index in [4.69, 9.17) is 4.74 Å². The van der Waals surface area contributed by atoms with Crippen molar-refractivity contribution in [1.82, 2.24) is 10.2 Å². The summed E-state index contributed by atoms with van der Waals surface area (Å²) in [5.74, 6) is 0.972. The zero-order valence-electron chi connectivity index (χ0n) is 17.9. The lowest BCUT2D eigenvalue weighted by atomic mass is 10.2. The molecular formula is C21H24N4O4S3. The van der Waals surface area contributed by atoms with Crippen molar-refractivity contribution < 1.29 is 17.9 Å². The van der Waals surface area contributed by atoms with Crippen LogP contribution in [0.2, 0.25) is 0 Å². The lowest BCUT2D eigenvalue weighted by Crippen LogP contribution is -2.38. The Labute approximate surface area is 196 Å². The van der Waals surface area contributed by atoms with Crippen LogP contribution in [0, 0.1) is 6.92 Å². The fourth-order valence-corrected chi connectivity index (χ4v) is 5.81. The predicted octanol–water partition coefficient (Wildman–Crippen LogP) is 4.19. The molecule has 2 aromatic carbocycles. The van der Waals surface area contributed by atoms with Crippen LogP contribution >= 0.6 is 23.1 Å². The van der Waals surface area contributed by atoms with Gasteiger partial charge in [0, 0.05) is 5.75 Å². The average Bonchev–Trinajstić information content (AvgIpc) is 3.23. The van der Waals surface area contributed by atoms with Gasteiger partial charge in [0.25, 0.3) is 10.0 Å². The minimum atomic E-state index is -3.99. The molecule has 0 radical (unpaired) electrons. The summed E-state index contributed by atoms with van der Waals surface area (Å²) in [6.07, 6.45) is 1.000. The molecule has 1 aromatic heterocycles. The number of rotatable bonds is 10. The first-order chi connectivity index (χ1) is 15.3. The third-order valence-corrected chi connectivity index (χ3v) is 8.31. The molecule has 0 saturated heterocycles. The van der Waals surface area contributed by atoms with E-state index in [0.717, 1.165) is 26.4 Å². The van der Waals surface area contributed by atoms with Gasteiger partial charge in [0.15, 0.2) is 4.34 Å². The molecule has 170 valence electrons. The molecule has 0 saturated carbocycles.